The number of aryl methyl sites for hydroxylation is 1. The average molecular weight is 247 g/mol. The molecule has 0 aliphatic rings. The monoisotopic (exact) mass is 247 g/mol. The van der Waals surface area contributed by atoms with Gasteiger partial charge in [0.25, 0.3) is 5.91 Å². The van der Waals surface area contributed by atoms with Gasteiger partial charge in [0.1, 0.15) is 6.54 Å². The molecule has 0 aromatic heterocycles. The van der Waals surface area contributed by atoms with Crippen molar-refractivity contribution in [1.29, 1.82) is 0 Å². The molecule has 0 atom stereocenters. The van der Waals surface area contributed by atoms with Crippen molar-refractivity contribution in [2.45, 2.75) is 13.3 Å². The number of aliphatic carboxylic acids is 1. The fourth-order valence-electron chi connectivity index (χ4n) is 1.75. The highest BCUT2D eigenvalue weighted by Crippen LogP contribution is 2.12. The molecule has 0 radical (unpaired) electrons. The highest BCUT2D eigenvalue weighted by molar-refractivity contribution is 5.97. The SMILES string of the molecule is C=CCN(CC(=O)O)C(=O)c1ccccc1CC. The fraction of sp³-hybridized carbons (Fsp3) is 0.286. The molecule has 0 unspecified atom stereocenters. The molecule has 0 saturated heterocycles. The van der Waals surface area contributed by atoms with Crippen LogP contribution in [0.4, 0.5) is 0 Å². The summed E-state index contributed by atoms with van der Waals surface area (Å²) in [4.78, 5) is 24.3. The molecule has 1 amide bonds. The van der Waals surface area contributed by atoms with Gasteiger partial charge in [-0.2, -0.15) is 0 Å². The third kappa shape index (κ3) is 3.45. The highest BCUT2D eigenvalue weighted by atomic mass is 16.4. The van der Waals surface area contributed by atoms with Crippen LogP contribution in [0.2, 0.25) is 0 Å². The van der Waals surface area contributed by atoms with Crippen molar-refractivity contribution in [3.05, 3.63) is 48.0 Å². The molecule has 1 aromatic rings. The molecule has 0 aliphatic heterocycles. The average Bonchev–Trinajstić information content (AvgIpc) is 2.37. The summed E-state index contributed by atoms with van der Waals surface area (Å²) >= 11 is 0. The molecular formula is C14H17NO3. The standard InChI is InChI=1S/C14H17NO3/c1-3-9-15(10-13(16)17)14(18)12-8-6-5-7-11(12)4-2/h3,5-8H,1,4,9-10H2,2H3,(H,16,17). The molecule has 0 heterocycles. The van der Waals surface area contributed by atoms with Crippen molar-refractivity contribution in [2.75, 3.05) is 13.1 Å². The second-order valence-corrected chi connectivity index (χ2v) is 3.88. The van der Waals surface area contributed by atoms with Gasteiger partial charge in [-0.15, -0.1) is 6.58 Å². The second-order valence-electron chi connectivity index (χ2n) is 3.88. The largest absolute Gasteiger partial charge is 0.480 e. The lowest BCUT2D eigenvalue weighted by atomic mass is 10.0. The molecule has 1 N–H and O–H groups in total. The Kier molecular flexibility index (Phi) is 5.11. The normalized spacial score (nSPS) is 9.83. The van der Waals surface area contributed by atoms with Gasteiger partial charge in [-0.1, -0.05) is 31.2 Å². The van der Waals surface area contributed by atoms with Gasteiger partial charge in [0.05, 0.1) is 0 Å². The van der Waals surface area contributed by atoms with Crippen LogP contribution in [0.5, 0.6) is 0 Å². The summed E-state index contributed by atoms with van der Waals surface area (Å²) in [6.45, 7) is 5.41. The van der Waals surface area contributed by atoms with E-state index < -0.39 is 5.97 Å². The van der Waals surface area contributed by atoms with Gasteiger partial charge in [0, 0.05) is 12.1 Å². The molecule has 0 saturated carbocycles. The summed E-state index contributed by atoms with van der Waals surface area (Å²) in [5.74, 6) is -1.30. The summed E-state index contributed by atoms with van der Waals surface area (Å²) < 4.78 is 0. The van der Waals surface area contributed by atoms with Gasteiger partial charge in [-0.3, -0.25) is 9.59 Å². The molecular weight excluding hydrogens is 230 g/mol. The number of benzene rings is 1. The molecule has 4 heteroatoms. The predicted molar refractivity (Wildman–Crippen MR) is 69.6 cm³/mol. The third-order valence-corrected chi connectivity index (χ3v) is 2.59. The van der Waals surface area contributed by atoms with Crippen molar-refractivity contribution in [1.82, 2.24) is 4.90 Å². The Morgan fingerprint density at radius 1 is 1.39 bits per heavy atom. The van der Waals surface area contributed by atoms with Crippen LogP contribution in [0.3, 0.4) is 0 Å². The first kappa shape index (κ1) is 14.0. The lowest BCUT2D eigenvalue weighted by molar-refractivity contribution is -0.137. The van der Waals surface area contributed by atoms with Gasteiger partial charge in [-0.25, -0.2) is 0 Å². The highest BCUT2D eigenvalue weighted by Gasteiger charge is 2.19. The van der Waals surface area contributed by atoms with E-state index in [1.54, 1.807) is 12.1 Å². The van der Waals surface area contributed by atoms with E-state index in [0.29, 0.717) is 5.56 Å². The van der Waals surface area contributed by atoms with E-state index in [1.165, 1.54) is 11.0 Å². The lowest BCUT2D eigenvalue weighted by Crippen LogP contribution is -2.36. The fourth-order valence-corrected chi connectivity index (χ4v) is 1.75. The zero-order valence-corrected chi connectivity index (χ0v) is 10.4. The maximum Gasteiger partial charge on any atom is 0.323 e. The summed E-state index contributed by atoms with van der Waals surface area (Å²) in [5.41, 5.74) is 1.48. The molecule has 0 fully saturated rings. The maximum atomic E-state index is 12.3. The number of nitrogens with zero attached hydrogens (tertiary/aromatic N) is 1. The minimum atomic E-state index is -1.03. The molecule has 4 nitrogen and oxygen atoms in total. The minimum Gasteiger partial charge on any atom is -0.480 e. The van der Waals surface area contributed by atoms with Crippen LogP contribution in [-0.4, -0.2) is 35.0 Å². The number of carboxylic acid groups (broad SMARTS) is 1. The van der Waals surface area contributed by atoms with Crippen LogP contribution < -0.4 is 0 Å². The van der Waals surface area contributed by atoms with E-state index in [0.717, 1.165) is 12.0 Å². The van der Waals surface area contributed by atoms with Crippen LogP contribution in [0.15, 0.2) is 36.9 Å². The van der Waals surface area contributed by atoms with Crippen LogP contribution >= 0.6 is 0 Å². The Bertz CT molecular complexity index is 454. The molecule has 1 aromatic carbocycles. The van der Waals surface area contributed by atoms with Crippen LogP contribution in [0.1, 0.15) is 22.8 Å². The molecule has 0 spiro atoms. The number of amides is 1. The Morgan fingerprint density at radius 2 is 2.06 bits per heavy atom. The molecule has 0 aliphatic carbocycles. The van der Waals surface area contributed by atoms with Gasteiger partial charge >= 0.3 is 5.97 Å². The first-order valence-electron chi connectivity index (χ1n) is 5.80. The molecule has 96 valence electrons. The predicted octanol–water partition coefficient (Wildman–Crippen LogP) is 1.96. The topological polar surface area (TPSA) is 57.6 Å². The first-order valence-corrected chi connectivity index (χ1v) is 5.80. The number of rotatable bonds is 6. The number of hydrogen-bond donors (Lipinski definition) is 1. The number of carbonyl (C=O) groups excluding carboxylic acids is 1. The van der Waals surface area contributed by atoms with E-state index in [4.69, 9.17) is 5.11 Å². The zero-order chi connectivity index (χ0) is 13.5. The van der Waals surface area contributed by atoms with Crippen molar-refractivity contribution < 1.29 is 14.7 Å². The molecule has 1 rings (SSSR count). The Labute approximate surface area is 107 Å². The van der Waals surface area contributed by atoms with Gasteiger partial charge in [0.2, 0.25) is 0 Å². The van der Waals surface area contributed by atoms with E-state index in [-0.39, 0.29) is 19.0 Å². The van der Waals surface area contributed by atoms with Gasteiger partial charge in [0.15, 0.2) is 0 Å². The van der Waals surface area contributed by atoms with Crippen LogP contribution in [0, 0.1) is 0 Å². The van der Waals surface area contributed by atoms with E-state index in [9.17, 15) is 9.59 Å². The van der Waals surface area contributed by atoms with Gasteiger partial charge < -0.3 is 10.0 Å². The first-order chi connectivity index (χ1) is 8.60. The zero-order valence-electron chi connectivity index (χ0n) is 10.4. The maximum absolute atomic E-state index is 12.3. The van der Waals surface area contributed by atoms with Crippen molar-refractivity contribution >= 4 is 11.9 Å². The number of hydrogen-bond acceptors (Lipinski definition) is 2. The third-order valence-electron chi connectivity index (χ3n) is 2.59. The summed E-state index contributed by atoms with van der Waals surface area (Å²) in [6.07, 6.45) is 2.26. The van der Waals surface area contributed by atoms with Crippen LogP contribution in [0.25, 0.3) is 0 Å². The number of carboxylic acids is 1. The van der Waals surface area contributed by atoms with E-state index >= 15 is 0 Å². The summed E-state index contributed by atoms with van der Waals surface area (Å²) in [7, 11) is 0. The van der Waals surface area contributed by atoms with Crippen molar-refractivity contribution in [2.24, 2.45) is 0 Å². The van der Waals surface area contributed by atoms with Gasteiger partial charge in [-0.05, 0) is 18.1 Å². The van der Waals surface area contributed by atoms with Crippen LogP contribution in [-0.2, 0) is 11.2 Å². The Balaban J connectivity index is 3.00. The molecule has 0 bridgehead atoms. The minimum absolute atomic E-state index is 0.225. The van der Waals surface area contributed by atoms with E-state index in [2.05, 4.69) is 6.58 Å². The number of carbonyl (C=O) groups is 2. The van der Waals surface area contributed by atoms with Crippen molar-refractivity contribution in [3.63, 3.8) is 0 Å². The Morgan fingerprint density at radius 3 is 2.61 bits per heavy atom. The molecule has 18 heavy (non-hydrogen) atoms. The van der Waals surface area contributed by atoms with Crippen molar-refractivity contribution in [3.8, 4) is 0 Å². The quantitative estimate of drug-likeness (QED) is 0.782. The Hall–Kier alpha value is -2.10. The smallest absolute Gasteiger partial charge is 0.323 e. The van der Waals surface area contributed by atoms with E-state index in [1.807, 2.05) is 19.1 Å². The second kappa shape index (κ2) is 6.59. The summed E-state index contributed by atoms with van der Waals surface area (Å²) in [5, 5.41) is 8.80. The lowest BCUT2D eigenvalue weighted by Gasteiger charge is -2.20. The summed E-state index contributed by atoms with van der Waals surface area (Å²) in [6, 6.07) is 7.24.